The van der Waals surface area contributed by atoms with Crippen LogP contribution < -0.4 is 20.1 Å². The van der Waals surface area contributed by atoms with Gasteiger partial charge in [-0.3, -0.25) is 0 Å². The van der Waals surface area contributed by atoms with E-state index >= 15 is 0 Å². The van der Waals surface area contributed by atoms with Gasteiger partial charge in [-0.1, -0.05) is 27.7 Å². The molecule has 0 fully saturated rings. The van der Waals surface area contributed by atoms with Crippen LogP contribution in [0.25, 0.3) is 0 Å². The van der Waals surface area contributed by atoms with Crippen LogP contribution in [-0.4, -0.2) is 25.3 Å². The second-order valence-electron chi connectivity index (χ2n) is 9.16. The molecule has 172 valence electrons. The summed E-state index contributed by atoms with van der Waals surface area (Å²) in [5.41, 5.74) is 2.29. The molecular formula is C27H42N2O2. The van der Waals surface area contributed by atoms with Gasteiger partial charge in [0.05, 0.1) is 13.2 Å². The molecule has 31 heavy (non-hydrogen) atoms. The number of anilines is 2. The molecule has 0 heterocycles. The predicted molar refractivity (Wildman–Crippen MR) is 134 cm³/mol. The average molecular weight is 427 g/mol. The van der Waals surface area contributed by atoms with Gasteiger partial charge in [-0.2, -0.15) is 0 Å². The van der Waals surface area contributed by atoms with Crippen molar-refractivity contribution < 1.29 is 9.47 Å². The Bertz CT molecular complexity index is 662. The summed E-state index contributed by atoms with van der Waals surface area (Å²) in [7, 11) is 0. The average Bonchev–Trinajstić information content (AvgIpc) is 2.75. The van der Waals surface area contributed by atoms with E-state index in [1.807, 2.05) is 24.3 Å². The van der Waals surface area contributed by atoms with E-state index in [9.17, 15) is 0 Å². The Hall–Kier alpha value is -2.36. The first kappa shape index (κ1) is 24.9. The van der Waals surface area contributed by atoms with Crippen LogP contribution in [0, 0.1) is 11.8 Å². The molecule has 2 aromatic carbocycles. The Morgan fingerprint density at radius 3 is 1.23 bits per heavy atom. The quantitative estimate of drug-likeness (QED) is 0.313. The fourth-order valence-electron chi connectivity index (χ4n) is 2.91. The van der Waals surface area contributed by atoms with Crippen molar-refractivity contribution in [2.24, 2.45) is 11.8 Å². The minimum atomic E-state index is 0.456. The number of benzene rings is 2. The molecule has 0 aliphatic heterocycles. The topological polar surface area (TPSA) is 42.5 Å². The highest BCUT2D eigenvalue weighted by Crippen LogP contribution is 2.19. The normalized spacial score (nSPS) is 13.2. The Balaban J connectivity index is 1.56. The molecule has 4 nitrogen and oxygen atoms in total. The van der Waals surface area contributed by atoms with E-state index in [1.165, 1.54) is 0 Å². The Morgan fingerprint density at radius 2 is 0.903 bits per heavy atom. The molecule has 2 atom stereocenters. The van der Waals surface area contributed by atoms with E-state index in [-0.39, 0.29) is 0 Å². The lowest BCUT2D eigenvalue weighted by molar-refractivity contribution is 0.279. The van der Waals surface area contributed by atoms with Crippen LogP contribution in [0.4, 0.5) is 11.4 Å². The first-order chi connectivity index (χ1) is 14.8. The largest absolute Gasteiger partial charge is 0.494 e. The van der Waals surface area contributed by atoms with Crippen LogP contribution >= 0.6 is 0 Å². The summed E-state index contributed by atoms with van der Waals surface area (Å²) in [5.74, 6) is 3.07. The van der Waals surface area contributed by atoms with E-state index in [2.05, 4.69) is 76.4 Å². The van der Waals surface area contributed by atoms with Crippen molar-refractivity contribution in [1.29, 1.82) is 0 Å². The molecule has 0 bridgehead atoms. The van der Waals surface area contributed by atoms with Gasteiger partial charge in [0.1, 0.15) is 11.5 Å². The minimum Gasteiger partial charge on any atom is -0.494 e. The van der Waals surface area contributed by atoms with Gasteiger partial charge in [-0.25, -0.2) is 0 Å². The molecule has 0 amide bonds. The second-order valence-corrected chi connectivity index (χ2v) is 9.16. The third kappa shape index (κ3) is 9.54. The van der Waals surface area contributed by atoms with Gasteiger partial charge in [0.2, 0.25) is 0 Å². The highest BCUT2D eigenvalue weighted by Gasteiger charge is 2.07. The van der Waals surface area contributed by atoms with Crippen LogP contribution in [0.15, 0.2) is 48.5 Å². The standard InChI is InChI=1S/C27H42N2O2/c1-20(2)22(5)28-24-10-14-26(15-11-24)30-18-8-7-9-19-31-27-16-12-25(13-17-27)29-23(6)21(3)4/h10-17,20-23,28-29H,7-9,18-19H2,1-6H3. The maximum absolute atomic E-state index is 5.86. The monoisotopic (exact) mass is 426 g/mol. The molecule has 0 aliphatic carbocycles. The molecular weight excluding hydrogens is 384 g/mol. The molecule has 0 saturated heterocycles. The van der Waals surface area contributed by atoms with Crippen molar-refractivity contribution in [1.82, 2.24) is 0 Å². The van der Waals surface area contributed by atoms with E-state index in [0.717, 1.165) is 55.4 Å². The van der Waals surface area contributed by atoms with Crippen LogP contribution in [0.1, 0.15) is 60.8 Å². The van der Waals surface area contributed by atoms with Crippen molar-refractivity contribution >= 4 is 11.4 Å². The molecule has 2 N–H and O–H groups in total. The molecule has 2 rings (SSSR count). The molecule has 2 aromatic rings. The van der Waals surface area contributed by atoms with E-state index < -0.39 is 0 Å². The fourth-order valence-corrected chi connectivity index (χ4v) is 2.91. The third-order valence-electron chi connectivity index (χ3n) is 5.82. The summed E-state index contributed by atoms with van der Waals surface area (Å²) >= 11 is 0. The summed E-state index contributed by atoms with van der Waals surface area (Å²) in [5, 5.41) is 7.03. The Kier molecular flexibility index (Phi) is 10.6. The molecule has 0 saturated carbocycles. The van der Waals surface area contributed by atoms with Crippen molar-refractivity contribution in [3.8, 4) is 11.5 Å². The van der Waals surface area contributed by atoms with Gasteiger partial charge in [-0.15, -0.1) is 0 Å². The summed E-state index contributed by atoms with van der Waals surface area (Å²) in [6.07, 6.45) is 3.16. The zero-order chi connectivity index (χ0) is 22.6. The van der Waals surface area contributed by atoms with Crippen molar-refractivity contribution in [2.75, 3.05) is 23.8 Å². The highest BCUT2D eigenvalue weighted by atomic mass is 16.5. The molecule has 2 unspecified atom stereocenters. The summed E-state index contributed by atoms with van der Waals surface area (Å²) < 4.78 is 11.7. The van der Waals surface area contributed by atoms with Gasteiger partial charge in [0, 0.05) is 23.5 Å². The number of hydrogen-bond acceptors (Lipinski definition) is 4. The van der Waals surface area contributed by atoms with Crippen LogP contribution in [-0.2, 0) is 0 Å². The van der Waals surface area contributed by atoms with Gasteiger partial charge >= 0.3 is 0 Å². The first-order valence-corrected chi connectivity index (χ1v) is 11.8. The number of ether oxygens (including phenoxy) is 2. The van der Waals surface area contributed by atoms with Gasteiger partial charge in [-0.05, 0) is 93.5 Å². The van der Waals surface area contributed by atoms with E-state index in [0.29, 0.717) is 23.9 Å². The Labute approximate surface area is 189 Å². The molecule has 0 spiro atoms. The fraction of sp³-hybridized carbons (Fsp3) is 0.556. The van der Waals surface area contributed by atoms with Gasteiger partial charge < -0.3 is 20.1 Å². The lowest BCUT2D eigenvalue weighted by Crippen LogP contribution is -2.21. The zero-order valence-electron chi connectivity index (χ0n) is 20.3. The van der Waals surface area contributed by atoms with Crippen molar-refractivity contribution in [2.45, 2.75) is 72.9 Å². The van der Waals surface area contributed by atoms with Crippen molar-refractivity contribution in [3.63, 3.8) is 0 Å². The number of nitrogens with one attached hydrogen (secondary N) is 2. The van der Waals surface area contributed by atoms with E-state index in [4.69, 9.17) is 9.47 Å². The van der Waals surface area contributed by atoms with E-state index in [1.54, 1.807) is 0 Å². The Morgan fingerprint density at radius 1 is 0.548 bits per heavy atom. The van der Waals surface area contributed by atoms with Crippen LogP contribution in [0.3, 0.4) is 0 Å². The highest BCUT2D eigenvalue weighted by molar-refractivity contribution is 5.47. The summed E-state index contributed by atoms with van der Waals surface area (Å²) in [6, 6.07) is 17.4. The SMILES string of the molecule is CC(C)C(C)Nc1ccc(OCCCCCOc2ccc(NC(C)C(C)C)cc2)cc1. The molecule has 0 aliphatic rings. The minimum absolute atomic E-state index is 0.456. The second kappa shape index (κ2) is 13.1. The maximum atomic E-state index is 5.86. The number of hydrogen-bond donors (Lipinski definition) is 2. The first-order valence-electron chi connectivity index (χ1n) is 11.8. The lowest BCUT2D eigenvalue weighted by Gasteiger charge is -2.19. The number of rotatable bonds is 14. The van der Waals surface area contributed by atoms with Crippen molar-refractivity contribution in [3.05, 3.63) is 48.5 Å². The van der Waals surface area contributed by atoms with Crippen LogP contribution in [0.5, 0.6) is 11.5 Å². The maximum Gasteiger partial charge on any atom is 0.119 e. The smallest absolute Gasteiger partial charge is 0.119 e. The molecule has 0 aromatic heterocycles. The van der Waals surface area contributed by atoms with Crippen LogP contribution in [0.2, 0.25) is 0 Å². The third-order valence-corrected chi connectivity index (χ3v) is 5.82. The molecule has 4 heteroatoms. The summed E-state index contributed by atoms with van der Waals surface area (Å²) in [4.78, 5) is 0. The zero-order valence-corrected chi connectivity index (χ0v) is 20.3. The number of unbranched alkanes of at least 4 members (excludes halogenated alkanes) is 2. The molecule has 0 radical (unpaired) electrons. The lowest BCUT2D eigenvalue weighted by atomic mass is 10.1. The van der Waals surface area contributed by atoms with Gasteiger partial charge in [0.15, 0.2) is 0 Å². The predicted octanol–water partition coefficient (Wildman–Crippen LogP) is 7.23. The van der Waals surface area contributed by atoms with Gasteiger partial charge in [0.25, 0.3) is 0 Å². The summed E-state index contributed by atoms with van der Waals surface area (Å²) in [6.45, 7) is 14.8.